The second-order valence-electron chi connectivity index (χ2n) is 5.72. The molecule has 4 amide bonds. The lowest BCUT2D eigenvalue weighted by Crippen LogP contribution is -2.34. The van der Waals surface area contributed by atoms with Crippen LogP contribution in [0.25, 0.3) is 0 Å². The van der Waals surface area contributed by atoms with E-state index in [1.165, 1.54) is 12.0 Å². The van der Waals surface area contributed by atoms with Crippen molar-refractivity contribution in [3.05, 3.63) is 23.4 Å². The highest BCUT2D eigenvalue weighted by Gasteiger charge is 2.44. The Bertz CT molecular complexity index is 679. The van der Waals surface area contributed by atoms with Crippen LogP contribution in [0.5, 0.6) is 0 Å². The van der Waals surface area contributed by atoms with Gasteiger partial charge in [-0.15, -0.1) is 0 Å². The van der Waals surface area contributed by atoms with E-state index in [4.69, 9.17) is 4.52 Å². The molecule has 1 saturated heterocycles. The quantitative estimate of drug-likeness (QED) is 0.464. The van der Waals surface area contributed by atoms with E-state index in [-0.39, 0.29) is 19.0 Å². The summed E-state index contributed by atoms with van der Waals surface area (Å²) in [6.07, 6.45) is 7.14. The molecule has 2 aliphatic rings. The van der Waals surface area contributed by atoms with Crippen LogP contribution < -0.4 is 0 Å². The highest BCUT2D eigenvalue weighted by molar-refractivity contribution is 6.44. The second-order valence-corrected chi connectivity index (χ2v) is 5.72. The van der Waals surface area contributed by atoms with Crippen LogP contribution in [-0.4, -0.2) is 44.3 Å². The van der Waals surface area contributed by atoms with Crippen molar-refractivity contribution in [2.45, 2.75) is 45.6 Å². The van der Waals surface area contributed by atoms with Crippen LogP contribution >= 0.6 is 0 Å². The third-order valence-corrected chi connectivity index (χ3v) is 4.04. The van der Waals surface area contributed by atoms with Crippen molar-refractivity contribution in [3.8, 4) is 0 Å². The molecule has 3 rings (SSSR count). The predicted octanol–water partition coefficient (Wildman–Crippen LogP) is 1.56. The van der Waals surface area contributed by atoms with Gasteiger partial charge in [0.05, 0.1) is 0 Å². The molecule has 0 radical (unpaired) electrons. The summed E-state index contributed by atoms with van der Waals surface area (Å²) in [6.45, 7) is 1.69. The number of aromatic nitrogens is 2. The molecule has 0 saturated carbocycles. The van der Waals surface area contributed by atoms with Crippen molar-refractivity contribution in [3.63, 3.8) is 0 Å². The van der Waals surface area contributed by atoms with Crippen LogP contribution in [-0.2, 0) is 16.1 Å². The molecule has 0 N–H and O–H groups in total. The fourth-order valence-electron chi connectivity index (χ4n) is 2.81. The first-order chi connectivity index (χ1) is 11.1. The molecule has 122 valence electrons. The van der Waals surface area contributed by atoms with E-state index in [0.717, 1.165) is 29.1 Å². The monoisotopic (exact) mass is 318 g/mol. The second kappa shape index (κ2) is 6.31. The maximum atomic E-state index is 12.3. The minimum absolute atomic E-state index is 0.133. The lowest BCUT2D eigenvalue weighted by molar-refractivity contribution is -0.143. The fraction of sp³-hybridized carbons (Fsp3) is 0.533. The smallest absolute Gasteiger partial charge is 0.334 e. The number of hydrogen-bond donors (Lipinski definition) is 0. The highest BCUT2D eigenvalue weighted by Crippen LogP contribution is 2.22. The Labute approximate surface area is 133 Å². The van der Waals surface area contributed by atoms with E-state index in [1.54, 1.807) is 6.92 Å². The summed E-state index contributed by atoms with van der Waals surface area (Å²) in [5, 5.41) is 3.60. The first-order valence-electron chi connectivity index (χ1n) is 7.70. The number of carbonyl (C=O) groups is 3. The third kappa shape index (κ3) is 3.15. The van der Waals surface area contributed by atoms with Gasteiger partial charge in [-0.25, -0.2) is 9.69 Å². The summed E-state index contributed by atoms with van der Waals surface area (Å²) in [5.41, 5.74) is 1.25. The van der Waals surface area contributed by atoms with Crippen LogP contribution in [0, 0.1) is 6.92 Å². The molecule has 8 heteroatoms. The fourth-order valence-corrected chi connectivity index (χ4v) is 2.81. The normalized spacial score (nSPS) is 18.8. The highest BCUT2D eigenvalue weighted by atomic mass is 16.5. The van der Waals surface area contributed by atoms with E-state index in [0.29, 0.717) is 12.2 Å². The van der Waals surface area contributed by atoms with Gasteiger partial charge in [0.25, 0.3) is 0 Å². The molecule has 0 bridgehead atoms. The lowest BCUT2D eigenvalue weighted by atomic mass is 9.97. The Balaban J connectivity index is 1.65. The number of nitrogens with zero attached hydrogens (tertiary/aromatic N) is 4. The molecule has 23 heavy (non-hydrogen) atoms. The zero-order valence-electron chi connectivity index (χ0n) is 12.9. The van der Waals surface area contributed by atoms with Gasteiger partial charge in [-0.1, -0.05) is 16.8 Å². The van der Waals surface area contributed by atoms with Gasteiger partial charge in [0.1, 0.15) is 6.54 Å². The Morgan fingerprint density at radius 3 is 2.61 bits per heavy atom. The molecule has 0 aromatic carbocycles. The van der Waals surface area contributed by atoms with E-state index < -0.39 is 17.8 Å². The zero-order chi connectivity index (χ0) is 16.4. The van der Waals surface area contributed by atoms with E-state index in [2.05, 4.69) is 16.2 Å². The van der Waals surface area contributed by atoms with Gasteiger partial charge in [-0.2, -0.15) is 4.98 Å². The minimum Gasteiger partial charge on any atom is -0.337 e. The van der Waals surface area contributed by atoms with E-state index in [1.807, 2.05) is 0 Å². The van der Waals surface area contributed by atoms with Crippen molar-refractivity contribution in [1.29, 1.82) is 0 Å². The summed E-state index contributed by atoms with van der Waals surface area (Å²) < 4.78 is 4.90. The zero-order valence-corrected chi connectivity index (χ0v) is 12.9. The van der Waals surface area contributed by atoms with Gasteiger partial charge in [0, 0.05) is 6.54 Å². The van der Waals surface area contributed by atoms with Crippen LogP contribution in [0.2, 0.25) is 0 Å². The molecular weight excluding hydrogens is 300 g/mol. The number of hydrogen-bond acceptors (Lipinski definition) is 6. The number of imide groups is 2. The van der Waals surface area contributed by atoms with Crippen LogP contribution in [0.1, 0.15) is 43.8 Å². The summed E-state index contributed by atoms with van der Waals surface area (Å²) in [6, 6.07) is -0.618. The molecule has 1 aliphatic heterocycles. The molecule has 0 atom stereocenters. The minimum atomic E-state index is -0.844. The maximum absolute atomic E-state index is 12.3. The average molecular weight is 318 g/mol. The van der Waals surface area contributed by atoms with Gasteiger partial charge >= 0.3 is 17.8 Å². The van der Waals surface area contributed by atoms with Gasteiger partial charge < -0.3 is 4.52 Å². The Morgan fingerprint density at radius 2 is 1.96 bits per heavy atom. The van der Waals surface area contributed by atoms with Crippen molar-refractivity contribution < 1.29 is 18.9 Å². The van der Waals surface area contributed by atoms with Crippen molar-refractivity contribution >= 4 is 17.8 Å². The number of allylic oxidation sites excluding steroid dienone is 1. The maximum Gasteiger partial charge on any atom is 0.334 e. The van der Waals surface area contributed by atoms with Crippen LogP contribution in [0.15, 0.2) is 16.2 Å². The molecule has 1 fully saturated rings. The molecule has 0 spiro atoms. The lowest BCUT2D eigenvalue weighted by Gasteiger charge is -2.17. The van der Waals surface area contributed by atoms with Gasteiger partial charge in [0.15, 0.2) is 5.82 Å². The van der Waals surface area contributed by atoms with Gasteiger partial charge in [0.2, 0.25) is 5.89 Å². The first-order valence-corrected chi connectivity index (χ1v) is 7.70. The first kappa shape index (κ1) is 15.4. The van der Waals surface area contributed by atoms with E-state index >= 15 is 0 Å². The molecule has 1 aromatic heterocycles. The number of amides is 4. The Hall–Kier alpha value is -2.51. The standard InChI is InChI=1S/C15H18N4O4/c1-10-16-12(23-17-10)9-19-14(21)13(20)18(15(19)22)8-7-11-5-3-2-4-6-11/h5H,2-4,6-9H2,1H3. The molecule has 0 unspecified atom stereocenters. The number of carbonyl (C=O) groups excluding carboxylic acids is 3. The topological polar surface area (TPSA) is 96.6 Å². The van der Waals surface area contributed by atoms with Crippen LogP contribution in [0.3, 0.4) is 0 Å². The van der Waals surface area contributed by atoms with Gasteiger partial charge in [-0.05, 0) is 39.0 Å². The summed E-state index contributed by atoms with van der Waals surface area (Å²) >= 11 is 0. The van der Waals surface area contributed by atoms with E-state index in [9.17, 15) is 14.4 Å². The van der Waals surface area contributed by atoms with Gasteiger partial charge in [-0.3, -0.25) is 14.5 Å². The summed E-state index contributed by atoms with van der Waals surface area (Å²) in [7, 11) is 0. The molecule has 1 aromatic rings. The largest absolute Gasteiger partial charge is 0.337 e. The van der Waals surface area contributed by atoms with Crippen molar-refractivity contribution in [1.82, 2.24) is 19.9 Å². The van der Waals surface area contributed by atoms with Crippen molar-refractivity contribution in [2.75, 3.05) is 6.54 Å². The molecule has 1 aliphatic carbocycles. The molecule has 2 heterocycles. The molecular formula is C15H18N4O4. The third-order valence-electron chi connectivity index (χ3n) is 4.04. The number of urea groups is 1. The number of rotatable bonds is 5. The Kier molecular flexibility index (Phi) is 4.22. The molecule has 8 nitrogen and oxygen atoms in total. The summed E-state index contributed by atoms with van der Waals surface area (Å²) in [4.78, 5) is 42.1. The SMILES string of the molecule is Cc1noc(CN2C(=O)C(=O)N(CCC3=CCCCC3)C2=O)n1. The number of aryl methyl sites for hydroxylation is 1. The Morgan fingerprint density at radius 1 is 1.17 bits per heavy atom. The average Bonchev–Trinajstić information content (AvgIpc) is 3.05. The van der Waals surface area contributed by atoms with Crippen molar-refractivity contribution in [2.24, 2.45) is 0 Å². The summed E-state index contributed by atoms with van der Waals surface area (Å²) in [5.74, 6) is -1.09. The van der Waals surface area contributed by atoms with Crippen LogP contribution in [0.4, 0.5) is 4.79 Å². The predicted molar refractivity (Wildman–Crippen MR) is 77.9 cm³/mol.